The number of nitrogens with zero attached hydrogens (tertiary/aromatic N) is 2. The fraction of sp³-hybridized carbons (Fsp3) is 0.357. The number of rotatable bonds is 3. The van der Waals surface area contributed by atoms with E-state index < -0.39 is 0 Å². The Bertz CT molecular complexity index is 540. The first kappa shape index (κ1) is 11.7. The quantitative estimate of drug-likeness (QED) is 0.795. The fourth-order valence-corrected chi connectivity index (χ4v) is 2.08. The van der Waals surface area contributed by atoms with Crippen LogP contribution in [0.2, 0.25) is 0 Å². The number of hydrogen-bond donors (Lipinski definition) is 0. The smallest absolute Gasteiger partial charge is 0.223 e. The van der Waals surface area contributed by atoms with Crippen LogP contribution in [0, 0.1) is 6.92 Å². The number of carbonyl (C=O) groups is 1. The van der Waals surface area contributed by atoms with Crippen molar-refractivity contribution in [3.05, 3.63) is 36.0 Å². The number of para-hydroxylation sites is 1. The minimum atomic E-state index is 0.169. The highest BCUT2D eigenvalue weighted by Gasteiger charge is 2.08. The van der Waals surface area contributed by atoms with Crippen molar-refractivity contribution in [3.8, 4) is 0 Å². The lowest BCUT2D eigenvalue weighted by Crippen LogP contribution is -2.23. The van der Waals surface area contributed by atoms with Crippen molar-refractivity contribution >= 4 is 16.8 Å². The van der Waals surface area contributed by atoms with Crippen molar-refractivity contribution in [3.63, 3.8) is 0 Å². The van der Waals surface area contributed by atoms with Crippen LogP contribution in [-0.4, -0.2) is 29.5 Å². The predicted octanol–water partition coefficient (Wildman–Crippen LogP) is 2.43. The highest BCUT2D eigenvalue weighted by atomic mass is 16.2. The van der Waals surface area contributed by atoms with Gasteiger partial charge in [-0.05, 0) is 24.4 Å². The van der Waals surface area contributed by atoms with Gasteiger partial charge in [-0.2, -0.15) is 0 Å². The number of hydrogen-bond acceptors (Lipinski definition) is 1. The molecule has 0 saturated carbocycles. The number of benzene rings is 1. The highest BCUT2D eigenvalue weighted by molar-refractivity contribution is 5.81. The zero-order valence-corrected chi connectivity index (χ0v) is 10.6. The van der Waals surface area contributed by atoms with E-state index >= 15 is 0 Å². The van der Waals surface area contributed by atoms with Gasteiger partial charge in [0.15, 0.2) is 0 Å². The number of aryl methyl sites for hydroxylation is 2. The largest absolute Gasteiger partial charge is 0.349 e. The molecular formula is C14H18N2O. The molecule has 1 aromatic carbocycles. The summed E-state index contributed by atoms with van der Waals surface area (Å²) >= 11 is 0. The Morgan fingerprint density at radius 2 is 2.00 bits per heavy atom. The second-order valence-electron chi connectivity index (χ2n) is 4.53. The molecule has 2 rings (SSSR count). The topological polar surface area (TPSA) is 25.2 Å². The maximum atomic E-state index is 11.6. The van der Waals surface area contributed by atoms with Crippen LogP contribution in [-0.2, 0) is 11.3 Å². The summed E-state index contributed by atoms with van der Waals surface area (Å²) in [4.78, 5) is 13.2. The normalized spacial score (nSPS) is 10.8. The average Bonchev–Trinajstić information content (AvgIpc) is 2.61. The molecule has 0 bridgehead atoms. The first-order chi connectivity index (χ1) is 8.09. The molecule has 0 fully saturated rings. The number of aromatic nitrogens is 1. The van der Waals surface area contributed by atoms with Gasteiger partial charge in [0.25, 0.3) is 0 Å². The molecule has 0 spiro atoms. The minimum Gasteiger partial charge on any atom is -0.349 e. The van der Waals surface area contributed by atoms with E-state index in [2.05, 4.69) is 29.7 Å². The molecule has 0 atom stereocenters. The van der Waals surface area contributed by atoms with Crippen LogP contribution in [0.15, 0.2) is 30.3 Å². The van der Waals surface area contributed by atoms with Gasteiger partial charge in [0.2, 0.25) is 5.91 Å². The van der Waals surface area contributed by atoms with E-state index in [1.165, 1.54) is 16.6 Å². The average molecular weight is 230 g/mol. The first-order valence-corrected chi connectivity index (χ1v) is 5.84. The molecule has 0 aliphatic rings. The fourth-order valence-electron chi connectivity index (χ4n) is 2.08. The molecule has 0 aliphatic heterocycles. The van der Waals surface area contributed by atoms with E-state index in [4.69, 9.17) is 0 Å². The molecule has 0 unspecified atom stereocenters. The lowest BCUT2D eigenvalue weighted by molar-refractivity contribution is -0.128. The van der Waals surface area contributed by atoms with Crippen LogP contribution in [0.25, 0.3) is 10.9 Å². The molecule has 1 aromatic heterocycles. The molecule has 0 radical (unpaired) electrons. The van der Waals surface area contributed by atoms with Gasteiger partial charge in [-0.15, -0.1) is 0 Å². The molecule has 0 saturated heterocycles. The Kier molecular flexibility index (Phi) is 3.18. The Morgan fingerprint density at radius 1 is 1.29 bits per heavy atom. The Balaban J connectivity index is 2.24. The van der Waals surface area contributed by atoms with Crippen LogP contribution in [0.5, 0.6) is 0 Å². The van der Waals surface area contributed by atoms with Crippen molar-refractivity contribution in [2.24, 2.45) is 0 Å². The van der Waals surface area contributed by atoms with E-state index in [9.17, 15) is 4.79 Å². The first-order valence-electron chi connectivity index (χ1n) is 5.84. The second kappa shape index (κ2) is 4.62. The molecule has 90 valence electrons. The summed E-state index contributed by atoms with van der Waals surface area (Å²) < 4.78 is 2.21. The van der Waals surface area contributed by atoms with Gasteiger partial charge in [-0.25, -0.2) is 0 Å². The third-order valence-electron chi connectivity index (χ3n) is 3.07. The van der Waals surface area contributed by atoms with Crippen molar-refractivity contribution in [1.29, 1.82) is 0 Å². The standard InChI is InChI=1S/C14H18N2O/c1-11-10-12-6-4-5-7-13(12)16(11)9-8-14(17)15(2)3/h4-7,10H,8-9H2,1-3H3. The van der Waals surface area contributed by atoms with Gasteiger partial charge in [-0.3, -0.25) is 4.79 Å². The summed E-state index contributed by atoms with van der Waals surface area (Å²) in [6.07, 6.45) is 0.548. The molecule has 17 heavy (non-hydrogen) atoms. The summed E-state index contributed by atoms with van der Waals surface area (Å²) in [6, 6.07) is 10.4. The zero-order valence-electron chi connectivity index (χ0n) is 10.6. The van der Waals surface area contributed by atoms with Gasteiger partial charge in [0.1, 0.15) is 0 Å². The maximum absolute atomic E-state index is 11.6. The van der Waals surface area contributed by atoms with E-state index in [0.717, 1.165) is 6.54 Å². The third-order valence-corrected chi connectivity index (χ3v) is 3.07. The van der Waals surface area contributed by atoms with E-state index in [-0.39, 0.29) is 5.91 Å². The SMILES string of the molecule is Cc1cc2ccccc2n1CCC(=O)N(C)C. The number of carbonyl (C=O) groups excluding carboxylic acids is 1. The molecule has 0 N–H and O–H groups in total. The van der Waals surface area contributed by atoms with Crippen molar-refractivity contribution in [2.45, 2.75) is 19.9 Å². The Hall–Kier alpha value is -1.77. The van der Waals surface area contributed by atoms with Crippen LogP contribution in [0.1, 0.15) is 12.1 Å². The zero-order chi connectivity index (χ0) is 12.4. The Labute approximate surface area is 102 Å². The van der Waals surface area contributed by atoms with E-state index in [0.29, 0.717) is 6.42 Å². The van der Waals surface area contributed by atoms with Gasteiger partial charge in [-0.1, -0.05) is 18.2 Å². The van der Waals surface area contributed by atoms with Gasteiger partial charge >= 0.3 is 0 Å². The van der Waals surface area contributed by atoms with Crippen LogP contribution in [0.4, 0.5) is 0 Å². The van der Waals surface area contributed by atoms with Crippen LogP contribution < -0.4 is 0 Å². The molecule has 1 amide bonds. The van der Waals surface area contributed by atoms with Crippen LogP contribution in [0.3, 0.4) is 0 Å². The molecular weight excluding hydrogens is 212 g/mol. The van der Waals surface area contributed by atoms with E-state index in [1.54, 1.807) is 19.0 Å². The molecule has 1 heterocycles. The van der Waals surface area contributed by atoms with Crippen molar-refractivity contribution in [1.82, 2.24) is 9.47 Å². The summed E-state index contributed by atoms with van der Waals surface area (Å²) in [5.74, 6) is 0.169. The second-order valence-corrected chi connectivity index (χ2v) is 4.53. The summed E-state index contributed by atoms with van der Waals surface area (Å²) in [5.41, 5.74) is 2.41. The lowest BCUT2D eigenvalue weighted by atomic mass is 10.2. The van der Waals surface area contributed by atoms with Crippen LogP contribution >= 0.6 is 0 Å². The minimum absolute atomic E-state index is 0.169. The lowest BCUT2D eigenvalue weighted by Gasteiger charge is -2.12. The van der Waals surface area contributed by atoms with Gasteiger partial charge in [0, 0.05) is 38.3 Å². The van der Waals surface area contributed by atoms with Gasteiger partial charge < -0.3 is 9.47 Å². The summed E-state index contributed by atoms with van der Waals surface area (Å²) in [7, 11) is 3.59. The monoisotopic (exact) mass is 230 g/mol. The predicted molar refractivity (Wildman–Crippen MR) is 70.0 cm³/mol. The van der Waals surface area contributed by atoms with E-state index in [1.807, 2.05) is 12.1 Å². The molecule has 3 heteroatoms. The summed E-state index contributed by atoms with van der Waals surface area (Å²) in [6.45, 7) is 2.83. The van der Waals surface area contributed by atoms with Crippen molar-refractivity contribution in [2.75, 3.05) is 14.1 Å². The molecule has 3 nitrogen and oxygen atoms in total. The summed E-state index contributed by atoms with van der Waals surface area (Å²) in [5, 5.41) is 1.24. The number of fused-ring (bicyclic) bond motifs is 1. The number of amides is 1. The third kappa shape index (κ3) is 2.33. The molecule has 0 aliphatic carbocycles. The Morgan fingerprint density at radius 3 is 2.71 bits per heavy atom. The maximum Gasteiger partial charge on any atom is 0.223 e. The van der Waals surface area contributed by atoms with Crippen molar-refractivity contribution < 1.29 is 4.79 Å². The highest BCUT2D eigenvalue weighted by Crippen LogP contribution is 2.19. The molecule has 2 aromatic rings. The van der Waals surface area contributed by atoms with Gasteiger partial charge in [0.05, 0.1) is 0 Å².